The Morgan fingerprint density at radius 1 is 1.69 bits per heavy atom. The second-order valence-corrected chi connectivity index (χ2v) is 4.73. The number of rotatable bonds is 5. The summed E-state index contributed by atoms with van der Waals surface area (Å²) in [6, 6.07) is 3.90. The Morgan fingerprint density at radius 2 is 2.46 bits per heavy atom. The van der Waals surface area contributed by atoms with Gasteiger partial charge in [0.2, 0.25) is 0 Å². The molecule has 13 heavy (non-hydrogen) atoms. The lowest BCUT2D eigenvalue weighted by molar-refractivity contribution is -0.456. The molecule has 1 aromatic heterocycles. The molecule has 0 fully saturated rings. The number of thiophene rings is 1. The van der Waals surface area contributed by atoms with Gasteiger partial charge in [-0.1, -0.05) is 6.08 Å². The van der Waals surface area contributed by atoms with Crippen molar-refractivity contribution in [1.29, 1.82) is 0 Å². The molecule has 0 atom stereocenters. The van der Waals surface area contributed by atoms with Gasteiger partial charge < -0.3 is 0 Å². The Morgan fingerprint density at radius 3 is 3.08 bits per heavy atom. The fourth-order valence-electron chi connectivity index (χ4n) is 0.804. The fraction of sp³-hybridized carbons (Fsp3) is 0.250. The van der Waals surface area contributed by atoms with E-state index in [-0.39, 0.29) is 10.8 Å². The molecule has 0 aromatic carbocycles. The summed E-state index contributed by atoms with van der Waals surface area (Å²) in [7, 11) is 0. The molecule has 0 aliphatic rings. The Bertz CT molecular complexity index is 309. The van der Waals surface area contributed by atoms with Crippen LogP contribution in [-0.4, -0.2) is 10.8 Å². The van der Waals surface area contributed by atoms with Gasteiger partial charge in [-0.05, 0) is 30.3 Å². The maximum atomic E-state index is 10.1. The average molecular weight is 215 g/mol. The molecule has 3 nitrogen and oxygen atoms in total. The van der Waals surface area contributed by atoms with Crippen molar-refractivity contribution in [2.75, 3.05) is 5.88 Å². The van der Waals surface area contributed by atoms with E-state index in [0.29, 0.717) is 0 Å². The summed E-state index contributed by atoms with van der Waals surface area (Å²) < 4.78 is 0.994. The lowest BCUT2D eigenvalue weighted by Gasteiger charge is -1.89. The van der Waals surface area contributed by atoms with Crippen molar-refractivity contribution in [2.45, 2.75) is 10.6 Å². The Hall–Kier alpha value is -0.810. The summed E-state index contributed by atoms with van der Waals surface area (Å²) >= 11 is 2.85. The van der Waals surface area contributed by atoms with Crippen LogP contribution in [0.4, 0.5) is 0 Å². The highest BCUT2D eigenvalue weighted by atomic mass is 32.2. The lowest BCUT2D eigenvalue weighted by atomic mass is 10.3. The number of nitrogens with zero attached hydrogens (tertiary/aromatic N) is 1. The van der Waals surface area contributed by atoms with Crippen LogP contribution < -0.4 is 0 Å². The molecule has 0 saturated heterocycles. The summed E-state index contributed by atoms with van der Waals surface area (Å²) in [5, 5.41) is 10.1. The van der Waals surface area contributed by atoms with Crippen molar-refractivity contribution in [1.82, 2.24) is 0 Å². The highest BCUT2D eigenvalue weighted by molar-refractivity contribution is 8.00. The second-order valence-electron chi connectivity index (χ2n) is 2.32. The van der Waals surface area contributed by atoms with E-state index >= 15 is 0 Å². The van der Waals surface area contributed by atoms with E-state index in [4.69, 9.17) is 0 Å². The van der Waals surface area contributed by atoms with Crippen molar-refractivity contribution < 1.29 is 4.92 Å². The van der Waals surface area contributed by atoms with E-state index in [2.05, 4.69) is 6.58 Å². The summed E-state index contributed by atoms with van der Waals surface area (Å²) in [5.74, 6) is -0.0615. The Balaban J connectivity index is 2.48. The summed E-state index contributed by atoms with van der Waals surface area (Å²) in [6.45, 7) is 3.63. The quantitative estimate of drug-likeness (QED) is 0.249. The van der Waals surface area contributed by atoms with E-state index in [9.17, 15) is 10.1 Å². The van der Waals surface area contributed by atoms with Crippen molar-refractivity contribution in [3.63, 3.8) is 0 Å². The first-order valence-electron chi connectivity index (χ1n) is 3.66. The molecule has 1 heterocycles. The van der Waals surface area contributed by atoms with Crippen LogP contribution in [0.15, 0.2) is 29.0 Å². The molecule has 1 aromatic rings. The van der Waals surface area contributed by atoms with E-state index < -0.39 is 0 Å². The van der Waals surface area contributed by atoms with Gasteiger partial charge in [-0.2, -0.15) is 0 Å². The third-order valence-electron chi connectivity index (χ3n) is 1.29. The zero-order valence-corrected chi connectivity index (χ0v) is 8.57. The molecular weight excluding hydrogens is 206 g/mol. The zero-order valence-electron chi connectivity index (χ0n) is 6.93. The molecule has 0 amide bonds. The van der Waals surface area contributed by atoms with Crippen molar-refractivity contribution >= 4 is 23.1 Å². The summed E-state index contributed by atoms with van der Waals surface area (Å²) in [6.07, 6.45) is 2.66. The molecule has 0 aliphatic heterocycles. The Labute approximate surface area is 84.6 Å². The summed E-state index contributed by atoms with van der Waals surface area (Å²) in [4.78, 5) is 11.0. The van der Waals surface area contributed by atoms with Crippen LogP contribution in [-0.2, 0) is 6.42 Å². The van der Waals surface area contributed by atoms with Crippen molar-refractivity contribution in [3.8, 4) is 0 Å². The number of hydrogen-bond donors (Lipinski definition) is 0. The van der Waals surface area contributed by atoms with Gasteiger partial charge in [0.25, 0.3) is 5.88 Å². The molecule has 0 unspecified atom stereocenters. The minimum atomic E-state index is -0.322. The molecule has 0 radical (unpaired) electrons. The van der Waals surface area contributed by atoms with Crippen molar-refractivity contribution in [3.05, 3.63) is 39.8 Å². The van der Waals surface area contributed by atoms with Crippen LogP contribution in [0.1, 0.15) is 4.88 Å². The standard InChI is InChI=1S/C8H9NO2S2/c1-2-3-7-4-5-8(13-7)12-6-9(10)11/h2,4-5H,1,3,6H2. The first-order valence-corrected chi connectivity index (χ1v) is 5.47. The number of allylic oxidation sites excluding steroid dienone is 1. The smallest absolute Gasteiger partial charge is 0.254 e. The molecule has 0 spiro atoms. The molecule has 0 aliphatic carbocycles. The first kappa shape index (κ1) is 10.3. The first-order chi connectivity index (χ1) is 6.22. The van der Waals surface area contributed by atoms with Crippen LogP contribution in [0.25, 0.3) is 0 Å². The average Bonchev–Trinajstić information content (AvgIpc) is 2.50. The van der Waals surface area contributed by atoms with Gasteiger partial charge in [0.05, 0.1) is 4.21 Å². The largest absolute Gasteiger partial charge is 0.264 e. The molecule has 0 bridgehead atoms. The van der Waals surface area contributed by atoms with Gasteiger partial charge in [-0.25, -0.2) is 0 Å². The third-order valence-corrected chi connectivity index (χ3v) is 3.56. The van der Waals surface area contributed by atoms with E-state index in [1.807, 2.05) is 18.2 Å². The van der Waals surface area contributed by atoms with Crippen LogP contribution in [0, 0.1) is 10.1 Å². The minimum Gasteiger partial charge on any atom is -0.264 e. The third kappa shape index (κ3) is 3.61. The van der Waals surface area contributed by atoms with Gasteiger partial charge in [-0.15, -0.1) is 17.9 Å². The second kappa shape index (κ2) is 5.04. The molecule has 0 saturated carbocycles. The normalized spacial score (nSPS) is 9.85. The molecular formula is C8H9NO2S2. The predicted octanol–water partition coefficient (Wildman–Crippen LogP) is 2.80. The van der Waals surface area contributed by atoms with Crippen LogP contribution in [0.2, 0.25) is 0 Å². The van der Waals surface area contributed by atoms with Gasteiger partial charge in [0, 0.05) is 9.80 Å². The topological polar surface area (TPSA) is 43.1 Å². The molecule has 70 valence electrons. The molecule has 1 rings (SSSR count). The van der Waals surface area contributed by atoms with Crippen LogP contribution in [0.3, 0.4) is 0 Å². The van der Waals surface area contributed by atoms with Crippen LogP contribution in [0.5, 0.6) is 0 Å². The maximum Gasteiger partial charge on any atom is 0.254 e. The summed E-state index contributed by atoms with van der Waals surface area (Å²) in [5.41, 5.74) is 0. The van der Waals surface area contributed by atoms with Gasteiger partial charge in [0.1, 0.15) is 0 Å². The number of nitro groups is 1. The minimum absolute atomic E-state index is 0.0615. The van der Waals surface area contributed by atoms with E-state index in [0.717, 1.165) is 10.6 Å². The van der Waals surface area contributed by atoms with Gasteiger partial charge in [-0.3, -0.25) is 10.1 Å². The van der Waals surface area contributed by atoms with Gasteiger partial charge in [0.15, 0.2) is 0 Å². The SMILES string of the molecule is C=CCc1ccc(SC[N+](=O)[O-])s1. The molecule has 5 heteroatoms. The maximum absolute atomic E-state index is 10.1. The van der Waals surface area contributed by atoms with E-state index in [1.54, 1.807) is 11.3 Å². The number of hydrogen-bond acceptors (Lipinski definition) is 4. The highest BCUT2D eigenvalue weighted by Gasteiger charge is 2.03. The predicted molar refractivity (Wildman–Crippen MR) is 55.9 cm³/mol. The van der Waals surface area contributed by atoms with Crippen molar-refractivity contribution in [2.24, 2.45) is 0 Å². The number of thioether (sulfide) groups is 1. The zero-order chi connectivity index (χ0) is 9.68. The monoisotopic (exact) mass is 215 g/mol. The Kier molecular flexibility index (Phi) is 3.98. The highest BCUT2D eigenvalue weighted by Crippen LogP contribution is 2.27. The van der Waals surface area contributed by atoms with Crippen LogP contribution >= 0.6 is 23.1 Å². The van der Waals surface area contributed by atoms with Gasteiger partial charge >= 0.3 is 0 Å². The fourth-order valence-corrected chi connectivity index (χ4v) is 2.65. The molecule has 0 N–H and O–H groups in total. The lowest BCUT2D eigenvalue weighted by Crippen LogP contribution is -1.93. The van der Waals surface area contributed by atoms with E-state index in [1.165, 1.54) is 16.6 Å².